The minimum Gasteiger partial charge on any atom is -0.466 e. The zero-order chi connectivity index (χ0) is 19.3. The maximum atomic E-state index is 12.7. The van der Waals surface area contributed by atoms with E-state index in [9.17, 15) is 19.5 Å². The molecule has 1 aliphatic rings. The Labute approximate surface area is 148 Å². The predicted molar refractivity (Wildman–Crippen MR) is 89.5 cm³/mol. The summed E-state index contributed by atoms with van der Waals surface area (Å²) >= 11 is 0. The van der Waals surface area contributed by atoms with Gasteiger partial charge >= 0.3 is 11.7 Å². The highest BCUT2D eigenvalue weighted by atomic mass is 16.5. The molecule has 1 saturated heterocycles. The third-order valence-electron chi connectivity index (χ3n) is 4.11. The van der Waals surface area contributed by atoms with Gasteiger partial charge in [0, 0.05) is 29.6 Å². The van der Waals surface area contributed by atoms with Crippen molar-refractivity contribution < 1.29 is 19.4 Å². The number of hydrogen-bond acceptors (Lipinski definition) is 7. The minimum absolute atomic E-state index is 0.113. The molecular weight excluding hydrogens is 346 g/mol. The van der Waals surface area contributed by atoms with Crippen molar-refractivity contribution in [2.75, 3.05) is 13.2 Å². The first-order valence-corrected chi connectivity index (χ1v) is 8.21. The Morgan fingerprint density at radius 2 is 2.27 bits per heavy atom. The number of hydrogen-bond donors (Lipinski definition) is 1. The highest BCUT2D eigenvalue weighted by Gasteiger charge is 2.36. The molecule has 1 aliphatic heterocycles. The van der Waals surface area contributed by atoms with Crippen molar-refractivity contribution in [3.05, 3.63) is 43.0 Å². The van der Waals surface area contributed by atoms with E-state index in [1.807, 2.05) is 0 Å². The number of aromatic nitrogens is 2. The predicted octanol–water partition coefficient (Wildman–Crippen LogP) is 0.230. The second-order valence-corrected chi connectivity index (χ2v) is 5.83. The van der Waals surface area contributed by atoms with E-state index < -0.39 is 35.6 Å². The van der Waals surface area contributed by atoms with Gasteiger partial charge in [0.25, 0.3) is 5.56 Å². The summed E-state index contributed by atoms with van der Waals surface area (Å²) in [5, 5.41) is 12.9. The Morgan fingerprint density at radius 1 is 1.54 bits per heavy atom. The van der Waals surface area contributed by atoms with E-state index in [4.69, 9.17) is 15.0 Å². The zero-order valence-corrected chi connectivity index (χ0v) is 14.6. The van der Waals surface area contributed by atoms with Gasteiger partial charge in [0.2, 0.25) is 0 Å². The zero-order valence-electron chi connectivity index (χ0n) is 14.6. The minimum atomic E-state index is -0.789. The van der Waals surface area contributed by atoms with Crippen LogP contribution < -0.4 is 11.2 Å². The number of aliphatic hydroxyl groups excluding tert-OH is 1. The van der Waals surface area contributed by atoms with Crippen molar-refractivity contribution in [1.82, 2.24) is 9.13 Å². The van der Waals surface area contributed by atoms with Crippen molar-refractivity contribution in [3.8, 4) is 0 Å². The summed E-state index contributed by atoms with van der Waals surface area (Å²) in [6, 6.07) is -0.623. The molecule has 0 aliphatic carbocycles. The Kier molecular flexibility index (Phi) is 6.56. The maximum Gasteiger partial charge on any atom is 0.333 e. The van der Waals surface area contributed by atoms with Crippen LogP contribution in [0.3, 0.4) is 0 Å². The molecule has 11 heteroatoms. The van der Waals surface area contributed by atoms with Gasteiger partial charge in [-0.3, -0.25) is 18.7 Å². The SMILES string of the molecule is CCOC(=O)CCn1c(=O)c(C)cn([C@H]2CC(N=[N+]=[N-])[C@@H](CO)O2)c1=O. The van der Waals surface area contributed by atoms with Crippen molar-refractivity contribution >= 4 is 5.97 Å². The van der Waals surface area contributed by atoms with Gasteiger partial charge in [0.05, 0.1) is 31.8 Å². The van der Waals surface area contributed by atoms with Gasteiger partial charge in [0.1, 0.15) is 6.23 Å². The fourth-order valence-electron chi connectivity index (χ4n) is 2.84. The number of carbonyl (C=O) groups is 1. The lowest BCUT2D eigenvalue weighted by Crippen LogP contribution is -2.42. The molecule has 1 unspecified atom stereocenters. The Balaban J connectivity index is 2.33. The molecule has 3 atom stereocenters. The fraction of sp³-hybridized carbons (Fsp3) is 0.667. The summed E-state index contributed by atoms with van der Waals surface area (Å²) < 4.78 is 12.6. The number of carbonyl (C=O) groups excluding carboxylic acids is 1. The first-order chi connectivity index (χ1) is 12.4. The second kappa shape index (κ2) is 8.65. The number of azide groups is 1. The third-order valence-corrected chi connectivity index (χ3v) is 4.11. The van der Waals surface area contributed by atoms with Crippen LogP contribution in [0.4, 0.5) is 0 Å². The van der Waals surface area contributed by atoms with Crippen molar-refractivity contribution in [3.63, 3.8) is 0 Å². The van der Waals surface area contributed by atoms with E-state index in [0.717, 1.165) is 4.57 Å². The molecule has 1 aromatic heterocycles. The van der Waals surface area contributed by atoms with Gasteiger partial charge < -0.3 is 14.6 Å². The molecule has 0 amide bonds. The lowest BCUT2D eigenvalue weighted by atomic mass is 10.1. The topological polar surface area (TPSA) is 149 Å². The average molecular weight is 367 g/mol. The maximum absolute atomic E-state index is 12.7. The van der Waals surface area contributed by atoms with Crippen molar-refractivity contribution in [2.45, 2.75) is 51.6 Å². The van der Waals surface area contributed by atoms with Gasteiger partial charge in [-0.15, -0.1) is 0 Å². The smallest absolute Gasteiger partial charge is 0.333 e. The van der Waals surface area contributed by atoms with E-state index in [1.165, 1.54) is 10.8 Å². The monoisotopic (exact) mass is 367 g/mol. The first-order valence-electron chi connectivity index (χ1n) is 8.21. The molecule has 0 aromatic carbocycles. The summed E-state index contributed by atoms with van der Waals surface area (Å²) in [6.07, 6.45) is -0.0850. The molecule has 1 fully saturated rings. The van der Waals surface area contributed by atoms with Crippen LogP contribution in [0.2, 0.25) is 0 Å². The molecule has 0 spiro atoms. The number of ether oxygens (including phenoxy) is 2. The van der Waals surface area contributed by atoms with Crippen molar-refractivity contribution in [2.24, 2.45) is 5.11 Å². The molecule has 26 heavy (non-hydrogen) atoms. The summed E-state index contributed by atoms with van der Waals surface area (Å²) in [5.41, 5.74) is 7.75. The standard InChI is InChI=1S/C15H21N5O6/c1-3-25-13(22)4-5-19-14(23)9(2)7-20(15(19)24)12-6-10(17-18-16)11(8-21)26-12/h7,10-12,21H,3-6,8H2,1-2H3/t10?,11-,12-/m1/s1. The number of rotatable bonds is 7. The molecule has 142 valence electrons. The molecule has 2 rings (SSSR count). The quantitative estimate of drug-likeness (QED) is 0.315. The van der Waals surface area contributed by atoms with Gasteiger partial charge in [0.15, 0.2) is 0 Å². The van der Waals surface area contributed by atoms with Gasteiger partial charge in [-0.25, -0.2) is 4.79 Å². The van der Waals surface area contributed by atoms with Crippen LogP contribution in [0.1, 0.15) is 31.6 Å². The number of aliphatic hydroxyl groups is 1. The molecule has 1 N–H and O–H groups in total. The first kappa shape index (κ1) is 19.7. The van der Waals surface area contributed by atoms with Crippen LogP contribution in [0.5, 0.6) is 0 Å². The molecule has 0 saturated carbocycles. The van der Waals surface area contributed by atoms with Crippen molar-refractivity contribution in [1.29, 1.82) is 0 Å². The second-order valence-electron chi connectivity index (χ2n) is 5.83. The summed E-state index contributed by atoms with van der Waals surface area (Å²) in [4.78, 5) is 39.2. The average Bonchev–Trinajstić information content (AvgIpc) is 3.01. The molecule has 2 heterocycles. The van der Waals surface area contributed by atoms with E-state index >= 15 is 0 Å². The van der Waals surface area contributed by atoms with Crippen LogP contribution in [0.25, 0.3) is 10.4 Å². The van der Waals surface area contributed by atoms with Crippen LogP contribution in [-0.2, 0) is 20.8 Å². The lowest BCUT2D eigenvalue weighted by Gasteiger charge is -2.17. The molecule has 0 bridgehead atoms. The lowest BCUT2D eigenvalue weighted by molar-refractivity contribution is -0.143. The van der Waals surface area contributed by atoms with Gasteiger partial charge in [-0.2, -0.15) is 0 Å². The summed E-state index contributed by atoms with van der Waals surface area (Å²) in [7, 11) is 0. The Hall–Kier alpha value is -2.62. The number of nitrogens with zero attached hydrogens (tertiary/aromatic N) is 5. The Morgan fingerprint density at radius 3 is 2.88 bits per heavy atom. The molecule has 11 nitrogen and oxygen atoms in total. The van der Waals surface area contributed by atoms with Crippen LogP contribution >= 0.6 is 0 Å². The van der Waals surface area contributed by atoms with E-state index in [0.29, 0.717) is 5.56 Å². The van der Waals surface area contributed by atoms with Crippen LogP contribution in [0.15, 0.2) is 20.9 Å². The molecule has 1 aromatic rings. The highest BCUT2D eigenvalue weighted by molar-refractivity contribution is 5.69. The van der Waals surface area contributed by atoms with Gasteiger partial charge in [-0.05, 0) is 19.4 Å². The van der Waals surface area contributed by atoms with E-state index in [-0.39, 0.29) is 32.6 Å². The fourth-order valence-corrected chi connectivity index (χ4v) is 2.84. The summed E-state index contributed by atoms with van der Waals surface area (Å²) in [5.74, 6) is -0.507. The largest absolute Gasteiger partial charge is 0.466 e. The molecule has 0 radical (unpaired) electrons. The van der Waals surface area contributed by atoms with Crippen LogP contribution in [0, 0.1) is 6.92 Å². The van der Waals surface area contributed by atoms with E-state index in [2.05, 4.69) is 10.0 Å². The van der Waals surface area contributed by atoms with Crippen LogP contribution in [-0.4, -0.2) is 45.6 Å². The number of aryl methyl sites for hydroxylation is 1. The third kappa shape index (κ3) is 4.13. The molecular formula is C15H21N5O6. The highest BCUT2D eigenvalue weighted by Crippen LogP contribution is 2.29. The number of esters is 1. The van der Waals surface area contributed by atoms with E-state index in [1.54, 1.807) is 13.8 Å². The summed E-state index contributed by atoms with van der Waals surface area (Å²) in [6.45, 7) is 2.94. The normalized spacial score (nSPS) is 22.0. The van der Waals surface area contributed by atoms with Gasteiger partial charge in [-0.1, -0.05) is 5.11 Å². The Bertz CT molecular complexity index is 825.